The van der Waals surface area contributed by atoms with E-state index in [1.54, 1.807) is 17.8 Å². The molecule has 1 aromatic heterocycles. The molecule has 2 heterocycles. The summed E-state index contributed by atoms with van der Waals surface area (Å²) in [6, 6.07) is 5.61. The van der Waals surface area contributed by atoms with Crippen molar-refractivity contribution in [1.29, 1.82) is 0 Å². The van der Waals surface area contributed by atoms with E-state index in [4.69, 9.17) is 0 Å². The highest BCUT2D eigenvalue weighted by Crippen LogP contribution is 2.40. The van der Waals surface area contributed by atoms with Gasteiger partial charge in [-0.15, -0.1) is 0 Å². The summed E-state index contributed by atoms with van der Waals surface area (Å²) in [4.78, 5) is 4.34. The quantitative estimate of drug-likeness (QED) is 0.847. The van der Waals surface area contributed by atoms with Crippen LogP contribution < -0.4 is 5.32 Å². The Morgan fingerprint density at radius 1 is 1.39 bits per heavy atom. The number of rotatable bonds is 4. The van der Waals surface area contributed by atoms with Crippen LogP contribution in [0.3, 0.4) is 0 Å². The standard InChI is InChI=1S/C14H21FN2S/c1-14(2,11-6-8-16-9-7-11)18-13-5-3-4-12(10-15)17-13/h3-5,11,16H,6-10H2,1-2H3. The summed E-state index contributed by atoms with van der Waals surface area (Å²) in [6.45, 7) is 6.27. The van der Waals surface area contributed by atoms with Crippen LogP contribution in [0.15, 0.2) is 23.2 Å². The molecule has 0 amide bonds. The molecule has 0 aliphatic carbocycles. The molecule has 18 heavy (non-hydrogen) atoms. The maximum absolute atomic E-state index is 12.6. The first-order valence-corrected chi connectivity index (χ1v) is 7.35. The van der Waals surface area contributed by atoms with Gasteiger partial charge in [0.2, 0.25) is 0 Å². The van der Waals surface area contributed by atoms with Crippen molar-refractivity contribution < 1.29 is 4.39 Å². The van der Waals surface area contributed by atoms with Crippen molar-refractivity contribution in [2.45, 2.75) is 43.1 Å². The molecule has 1 N–H and O–H groups in total. The summed E-state index contributed by atoms with van der Waals surface area (Å²) in [7, 11) is 0. The summed E-state index contributed by atoms with van der Waals surface area (Å²) in [6.07, 6.45) is 2.42. The van der Waals surface area contributed by atoms with Crippen LogP contribution in [0.2, 0.25) is 0 Å². The lowest BCUT2D eigenvalue weighted by atomic mass is 9.86. The third kappa shape index (κ3) is 3.45. The number of thioether (sulfide) groups is 1. The van der Waals surface area contributed by atoms with Crippen molar-refractivity contribution in [3.05, 3.63) is 23.9 Å². The second kappa shape index (κ2) is 6.02. The minimum Gasteiger partial charge on any atom is -0.317 e. The number of piperidine rings is 1. The third-order valence-corrected chi connectivity index (χ3v) is 4.90. The minimum absolute atomic E-state index is 0.157. The summed E-state index contributed by atoms with van der Waals surface area (Å²) in [5.74, 6) is 0.694. The van der Waals surface area contributed by atoms with Gasteiger partial charge in [-0.2, -0.15) is 0 Å². The molecular weight excluding hydrogens is 247 g/mol. The zero-order valence-corrected chi connectivity index (χ0v) is 11.9. The molecule has 0 bridgehead atoms. The first-order valence-electron chi connectivity index (χ1n) is 6.53. The molecule has 2 nitrogen and oxygen atoms in total. The second-order valence-electron chi connectivity index (χ2n) is 5.33. The van der Waals surface area contributed by atoms with E-state index in [-0.39, 0.29) is 4.75 Å². The van der Waals surface area contributed by atoms with Crippen LogP contribution in [0, 0.1) is 5.92 Å². The number of pyridine rings is 1. The molecule has 4 heteroatoms. The fraction of sp³-hybridized carbons (Fsp3) is 0.643. The zero-order chi connectivity index (χ0) is 13.0. The van der Waals surface area contributed by atoms with E-state index in [1.165, 1.54) is 12.8 Å². The molecule has 0 unspecified atom stereocenters. The molecule has 0 spiro atoms. The smallest absolute Gasteiger partial charge is 0.131 e. The number of halogens is 1. The summed E-state index contributed by atoms with van der Waals surface area (Å²) >= 11 is 1.78. The molecular formula is C14H21FN2S. The highest BCUT2D eigenvalue weighted by molar-refractivity contribution is 8.00. The molecule has 0 atom stereocenters. The van der Waals surface area contributed by atoms with Crippen LogP contribution in [-0.4, -0.2) is 22.8 Å². The maximum Gasteiger partial charge on any atom is 0.131 e. The van der Waals surface area contributed by atoms with E-state index in [1.807, 2.05) is 12.1 Å². The Balaban J connectivity index is 2.05. The van der Waals surface area contributed by atoms with E-state index < -0.39 is 6.67 Å². The summed E-state index contributed by atoms with van der Waals surface area (Å²) in [5, 5.41) is 4.33. The Hall–Kier alpha value is -0.610. The Labute approximate surface area is 113 Å². The molecule has 1 fully saturated rings. The first kappa shape index (κ1) is 13.8. The number of hydrogen-bond acceptors (Lipinski definition) is 3. The van der Waals surface area contributed by atoms with Gasteiger partial charge in [0.05, 0.1) is 10.7 Å². The highest BCUT2D eigenvalue weighted by atomic mass is 32.2. The van der Waals surface area contributed by atoms with E-state index in [2.05, 4.69) is 24.1 Å². The second-order valence-corrected chi connectivity index (χ2v) is 7.01. The monoisotopic (exact) mass is 268 g/mol. The van der Waals surface area contributed by atoms with Crippen molar-refractivity contribution in [3.8, 4) is 0 Å². The van der Waals surface area contributed by atoms with Crippen molar-refractivity contribution in [2.24, 2.45) is 5.92 Å². The van der Waals surface area contributed by atoms with Gasteiger partial charge in [-0.05, 0) is 44.0 Å². The molecule has 0 saturated carbocycles. The minimum atomic E-state index is -0.484. The van der Waals surface area contributed by atoms with Gasteiger partial charge in [-0.1, -0.05) is 31.7 Å². The fourth-order valence-corrected chi connectivity index (χ4v) is 3.71. The number of hydrogen-bond donors (Lipinski definition) is 1. The van der Waals surface area contributed by atoms with Gasteiger partial charge in [0.1, 0.15) is 6.67 Å². The van der Waals surface area contributed by atoms with Gasteiger partial charge in [0.25, 0.3) is 0 Å². The average Bonchev–Trinajstić information content (AvgIpc) is 2.39. The Bertz CT molecular complexity index is 389. The lowest BCUT2D eigenvalue weighted by molar-refractivity contribution is 0.317. The average molecular weight is 268 g/mol. The maximum atomic E-state index is 12.6. The van der Waals surface area contributed by atoms with Crippen LogP contribution >= 0.6 is 11.8 Å². The Morgan fingerprint density at radius 3 is 2.78 bits per heavy atom. The normalized spacial score (nSPS) is 17.9. The van der Waals surface area contributed by atoms with Crippen molar-refractivity contribution >= 4 is 11.8 Å². The lowest BCUT2D eigenvalue weighted by Crippen LogP contribution is -2.37. The lowest BCUT2D eigenvalue weighted by Gasteiger charge is -2.36. The topological polar surface area (TPSA) is 24.9 Å². The number of nitrogens with zero attached hydrogens (tertiary/aromatic N) is 1. The van der Waals surface area contributed by atoms with Gasteiger partial charge < -0.3 is 5.32 Å². The van der Waals surface area contributed by atoms with Crippen molar-refractivity contribution in [2.75, 3.05) is 13.1 Å². The molecule has 1 aliphatic heterocycles. The number of aromatic nitrogens is 1. The van der Waals surface area contributed by atoms with Gasteiger partial charge in [0.15, 0.2) is 0 Å². The summed E-state index contributed by atoms with van der Waals surface area (Å²) in [5.41, 5.74) is 0.529. The zero-order valence-electron chi connectivity index (χ0n) is 11.1. The van der Waals surface area contributed by atoms with Crippen LogP contribution in [-0.2, 0) is 6.67 Å². The largest absolute Gasteiger partial charge is 0.317 e. The molecule has 0 radical (unpaired) electrons. The van der Waals surface area contributed by atoms with E-state index in [0.29, 0.717) is 11.6 Å². The molecule has 100 valence electrons. The molecule has 1 saturated heterocycles. The van der Waals surface area contributed by atoms with E-state index in [9.17, 15) is 4.39 Å². The number of nitrogens with one attached hydrogen (secondary N) is 1. The van der Waals surface area contributed by atoms with Gasteiger partial charge in [-0.25, -0.2) is 9.37 Å². The van der Waals surface area contributed by atoms with E-state index in [0.717, 1.165) is 18.1 Å². The molecule has 1 aromatic rings. The highest BCUT2D eigenvalue weighted by Gasteiger charge is 2.31. The third-order valence-electron chi connectivity index (χ3n) is 3.61. The summed E-state index contributed by atoms with van der Waals surface area (Å²) < 4.78 is 12.8. The molecule has 2 rings (SSSR count). The first-order chi connectivity index (χ1) is 8.62. The van der Waals surface area contributed by atoms with Crippen LogP contribution in [0.25, 0.3) is 0 Å². The van der Waals surface area contributed by atoms with Gasteiger partial charge >= 0.3 is 0 Å². The van der Waals surface area contributed by atoms with Gasteiger partial charge in [-0.3, -0.25) is 0 Å². The van der Waals surface area contributed by atoms with Crippen molar-refractivity contribution in [3.63, 3.8) is 0 Å². The Morgan fingerprint density at radius 2 is 2.11 bits per heavy atom. The number of alkyl halides is 1. The fourth-order valence-electron chi connectivity index (χ4n) is 2.46. The molecule has 0 aromatic carbocycles. The van der Waals surface area contributed by atoms with Crippen LogP contribution in [0.1, 0.15) is 32.4 Å². The van der Waals surface area contributed by atoms with Crippen LogP contribution in [0.4, 0.5) is 4.39 Å². The van der Waals surface area contributed by atoms with Crippen molar-refractivity contribution in [1.82, 2.24) is 10.3 Å². The van der Waals surface area contributed by atoms with E-state index >= 15 is 0 Å². The molecule has 1 aliphatic rings. The predicted molar refractivity (Wildman–Crippen MR) is 74.6 cm³/mol. The predicted octanol–water partition coefficient (Wildman–Crippen LogP) is 3.42. The van der Waals surface area contributed by atoms with Gasteiger partial charge in [0, 0.05) is 4.75 Å². The van der Waals surface area contributed by atoms with Crippen LogP contribution in [0.5, 0.6) is 0 Å². The Kier molecular flexibility index (Phi) is 4.62. The SMILES string of the molecule is CC(C)(Sc1cccc(CF)n1)C1CCNCC1.